The Morgan fingerprint density at radius 1 is 0.976 bits per heavy atom. The van der Waals surface area contributed by atoms with Crippen LogP contribution in [0, 0.1) is 17.8 Å². The molecule has 1 aliphatic heterocycles. The molecule has 1 aliphatic rings. The Labute approximate surface area is 260 Å². The van der Waals surface area contributed by atoms with Gasteiger partial charge in [-0.1, -0.05) is 89.0 Å². The zero-order chi connectivity index (χ0) is 33.4. The normalized spacial score (nSPS) is 17.7. The van der Waals surface area contributed by atoms with E-state index in [4.69, 9.17) is 9.47 Å². The van der Waals surface area contributed by atoms with Gasteiger partial charge >= 0.3 is 0 Å². The van der Waals surface area contributed by atoms with E-state index in [1.54, 1.807) is 33.2 Å². The van der Waals surface area contributed by atoms with Crippen LogP contribution in [0.25, 0.3) is 0 Å². The van der Waals surface area contributed by atoms with Crippen molar-refractivity contribution in [2.75, 3.05) is 41.4 Å². The lowest BCUT2D eigenvalue weighted by molar-refractivity contribution is -0.138. The molecule has 3 amide bonds. The van der Waals surface area contributed by atoms with Gasteiger partial charge in [0.15, 0.2) is 0 Å². The van der Waals surface area contributed by atoms with Crippen molar-refractivity contribution < 1.29 is 23.9 Å². The van der Waals surface area contributed by atoms with Gasteiger partial charge in [0.05, 0.1) is 36.9 Å². The third kappa shape index (κ3) is 16.2. The van der Waals surface area contributed by atoms with Crippen molar-refractivity contribution in [3.05, 3.63) is 0 Å². The van der Waals surface area contributed by atoms with E-state index in [1.165, 1.54) is 6.42 Å². The zero-order valence-electron chi connectivity index (χ0n) is 30.1. The quantitative estimate of drug-likeness (QED) is 0.245. The van der Waals surface area contributed by atoms with Crippen LogP contribution < -0.4 is 10.6 Å². The fourth-order valence-corrected chi connectivity index (χ4v) is 5.29. The van der Waals surface area contributed by atoms with Crippen molar-refractivity contribution in [2.24, 2.45) is 17.8 Å². The third-order valence-corrected chi connectivity index (χ3v) is 7.61. The van der Waals surface area contributed by atoms with Gasteiger partial charge in [0.1, 0.15) is 0 Å². The summed E-state index contributed by atoms with van der Waals surface area (Å²) in [7, 11) is 6.96. The van der Waals surface area contributed by atoms with Crippen molar-refractivity contribution in [2.45, 2.75) is 139 Å². The highest BCUT2D eigenvalue weighted by Crippen LogP contribution is 2.24. The number of likely N-dealkylation sites (N-methyl/N-ethyl adjacent to an activating group) is 2. The molecule has 0 aliphatic carbocycles. The molecule has 1 unspecified atom stereocenters. The zero-order valence-corrected chi connectivity index (χ0v) is 30.1. The molecule has 0 spiro atoms. The molecule has 0 bridgehead atoms. The topological polar surface area (TPSA) is 100 Å². The molecule has 1 saturated heterocycles. The molecule has 1 rings (SSSR count). The van der Waals surface area contributed by atoms with Gasteiger partial charge in [-0.2, -0.15) is 0 Å². The summed E-state index contributed by atoms with van der Waals surface area (Å²) >= 11 is 0. The predicted molar refractivity (Wildman–Crippen MR) is 177 cm³/mol. The van der Waals surface area contributed by atoms with E-state index >= 15 is 0 Å². The fourth-order valence-electron chi connectivity index (χ4n) is 5.29. The molecule has 9 heteroatoms. The Morgan fingerprint density at radius 3 is 1.88 bits per heavy atom. The predicted octanol–water partition coefficient (Wildman–Crippen LogP) is 5.37. The summed E-state index contributed by atoms with van der Waals surface area (Å²) in [5, 5.41) is 5.73. The average Bonchev–Trinajstić information content (AvgIpc) is 3.44. The summed E-state index contributed by atoms with van der Waals surface area (Å²) in [6.07, 6.45) is 6.37. The minimum atomic E-state index is -0.296. The largest absolute Gasteiger partial charge is 0.379 e. The van der Waals surface area contributed by atoms with Crippen molar-refractivity contribution >= 4 is 18.2 Å². The highest BCUT2D eigenvalue weighted by Gasteiger charge is 2.33. The first-order valence-electron chi connectivity index (χ1n) is 16.3. The van der Waals surface area contributed by atoms with E-state index in [0.717, 1.165) is 38.6 Å². The summed E-state index contributed by atoms with van der Waals surface area (Å²) in [4.78, 5) is 39.1. The van der Waals surface area contributed by atoms with Gasteiger partial charge in [0.2, 0.25) is 18.2 Å². The number of methoxy groups -OCH3 is 2. The number of nitrogens with zero attached hydrogens (tertiary/aromatic N) is 2. The van der Waals surface area contributed by atoms with Crippen molar-refractivity contribution in [1.82, 2.24) is 20.4 Å². The maximum Gasteiger partial charge on any atom is 0.242 e. The number of carbonyl (C=O) groups is 3. The standard InChI is InChI=1S/C18H37N3O3.C10H19NO2.C3H8.C2H6/c1-9-13(5)17(14(10-2)24-8)21(7)15(22)11-20-18(23)16(19-6)12(3)4;1-8(2)10(13-3)9-5-4-6-11(9)7-12;1-3-2;1-2/h12-14,16-17,19H,9-11H2,1-8H3,(H,20,23);7-10H,4-6H2,1-3H3;3H2,1-2H3;1-2H3/t13-,14+,16?,17-;9-,10+;;/m00../s1. The Morgan fingerprint density at radius 2 is 1.52 bits per heavy atom. The summed E-state index contributed by atoms with van der Waals surface area (Å²) in [6.45, 7) is 23.7. The van der Waals surface area contributed by atoms with Crippen LogP contribution in [-0.2, 0) is 23.9 Å². The Kier molecular flexibility index (Phi) is 28.6. The van der Waals surface area contributed by atoms with Gasteiger partial charge in [-0.25, -0.2) is 0 Å². The van der Waals surface area contributed by atoms with E-state index in [-0.39, 0.29) is 48.6 Å². The summed E-state index contributed by atoms with van der Waals surface area (Å²) in [5.41, 5.74) is 0. The number of nitrogens with one attached hydrogen (secondary N) is 2. The number of rotatable bonds is 15. The smallest absolute Gasteiger partial charge is 0.242 e. The van der Waals surface area contributed by atoms with Crippen LogP contribution in [0.15, 0.2) is 0 Å². The second-order valence-electron chi connectivity index (χ2n) is 11.5. The van der Waals surface area contributed by atoms with E-state index in [1.807, 2.05) is 32.6 Å². The van der Waals surface area contributed by atoms with Crippen LogP contribution in [0.4, 0.5) is 0 Å². The first-order chi connectivity index (χ1) is 19.9. The summed E-state index contributed by atoms with van der Waals surface area (Å²) in [6, 6.07) is -0.00192. The van der Waals surface area contributed by atoms with Crippen LogP contribution in [0.3, 0.4) is 0 Å². The van der Waals surface area contributed by atoms with E-state index in [9.17, 15) is 14.4 Å². The molecular formula is C33H70N4O5. The van der Waals surface area contributed by atoms with Gasteiger partial charge in [0.25, 0.3) is 0 Å². The molecule has 2 N–H and O–H groups in total. The maximum atomic E-state index is 12.6. The van der Waals surface area contributed by atoms with E-state index < -0.39 is 0 Å². The molecule has 6 atom stereocenters. The number of likely N-dealkylation sites (tertiary alicyclic amines) is 1. The monoisotopic (exact) mass is 603 g/mol. The highest BCUT2D eigenvalue weighted by atomic mass is 16.5. The molecule has 1 fully saturated rings. The fraction of sp³-hybridized carbons (Fsp3) is 0.909. The average molecular weight is 603 g/mol. The van der Waals surface area contributed by atoms with Gasteiger partial charge in [-0.3, -0.25) is 14.4 Å². The second-order valence-corrected chi connectivity index (χ2v) is 11.5. The van der Waals surface area contributed by atoms with E-state index in [2.05, 4.69) is 59.1 Å². The van der Waals surface area contributed by atoms with Gasteiger partial charge in [-0.05, 0) is 44.1 Å². The summed E-state index contributed by atoms with van der Waals surface area (Å²) < 4.78 is 11.0. The molecule has 0 aromatic rings. The molecule has 42 heavy (non-hydrogen) atoms. The molecule has 1 heterocycles. The molecular weight excluding hydrogens is 532 g/mol. The molecule has 0 aromatic heterocycles. The molecule has 252 valence electrons. The minimum absolute atomic E-state index is 0.000372. The SMILES string of the molecule is CC.CCC.CC[C@H](C)[C@@H]([C@@H](CC)OC)N(C)C(=O)CNC(=O)C(NC)C(C)C.CO[C@H](C(C)C)[C@@H]1CCCN1C=O. The summed E-state index contributed by atoms with van der Waals surface area (Å²) in [5.74, 6) is 0.709. The van der Waals surface area contributed by atoms with Crippen molar-refractivity contribution in [1.29, 1.82) is 0 Å². The Balaban J connectivity index is -0.000000703. The van der Waals surface area contributed by atoms with E-state index in [0.29, 0.717) is 17.9 Å². The lowest BCUT2D eigenvalue weighted by Crippen LogP contribution is -2.53. The van der Waals surface area contributed by atoms with Crippen LogP contribution in [0.2, 0.25) is 0 Å². The highest BCUT2D eigenvalue weighted by molar-refractivity contribution is 5.87. The second kappa shape index (κ2) is 26.9. The van der Waals surface area contributed by atoms with Gasteiger partial charge < -0.3 is 29.9 Å². The van der Waals surface area contributed by atoms with Gasteiger partial charge in [-0.15, -0.1) is 0 Å². The third-order valence-electron chi connectivity index (χ3n) is 7.61. The van der Waals surface area contributed by atoms with Crippen LogP contribution in [-0.4, -0.2) is 99.8 Å². The number of hydrogen-bond donors (Lipinski definition) is 2. The molecule has 0 saturated carbocycles. The Hall–Kier alpha value is -1.71. The van der Waals surface area contributed by atoms with Gasteiger partial charge in [0, 0.05) is 27.8 Å². The molecule has 9 nitrogen and oxygen atoms in total. The number of ether oxygens (including phenoxy) is 2. The van der Waals surface area contributed by atoms with Crippen molar-refractivity contribution in [3.63, 3.8) is 0 Å². The first-order valence-corrected chi connectivity index (χ1v) is 16.3. The minimum Gasteiger partial charge on any atom is -0.379 e. The lowest BCUT2D eigenvalue weighted by atomic mass is 9.91. The molecule has 0 radical (unpaired) electrons. The maximum absolute atomic E-state index is 12.6. The number of amides is 3. The van der Waals surface area contributed by atoms with Crippen LogP contribution in [0.5, 0.6) is 0 Å². The number of hydrogen-bond acceptors (Lipinski definition) is 6. The number of carbonyl (C=O) groups excluding carboxylic acids is 3. The first kappa shape index (κ1) is 44.7. The molecule has 0 aromatic carbocycles. The van der Waals surface area contributed by atoms with Crippen molar-refractivity contribution in [3.8, 4) is 0 Å². The Bertz CT molecular complexity index is 673. The van der Waals surface area contributed by atoms with Crippen LogP contribution in [0.1, 0.15) is 108 Å². The lowest BCUT2D eigenvalue weighted by Gasteiger charge is -2.37. The van der Waals surface area contributed by atoms with Crippen LogP contribution >= 0.6 is 0 Å².